The number of thiocarbonyl (C=S) groups is 1. The van der Waals surface area contributed by atoms with E-state index in [1.54, 1.807) is 34.6 Å². The second kappa shape index (κ2) is 25.6. The van der Waals surface area contributed by atoms with Crippen LogP contribution in [0.4, 0.5) is 0 Å². The number of methoxy groups -OCH3 is 1. The van der Waals surface area contributed by atoms with Crippen molar-refractivity contribution >= 4 is 23.3 Å². The van der Waals surface area contributed by atoms with E-state index in [1.807, 2.05) is 83.1 Å². The molecule has 16 nitrogen and oxygen atoms in total. The van der Waals surface area contributed by atoms with E-state index in [4.69, 9.17) is 40.6 Å². The number of esters is 1. The molecule has 3 saturated heterocycles. The molecule has 17 heteroatoms. The number of carbonyl (C=O) groups is 1. The molecule has 2 aromatic carbocycles. The third kappa shape index (κ3) is 14.7. The van der Waals surface area contributed by atoms with Crippen LogP contribution in [-0.2, 0) is 33.2 Å². The van der Waals surface area contributed by atoms with Crippen LogP contribution in [0.15, 0.2) is 60.7 Å². The summed E-state index contributed by atoms with van der Waals surface area (Å²) in [6, 6.07) is 19.1. The quantitative estimate of drug-likeness (QED) is 0.0763. The fraction of sp³-hybridized carbons (Fsp3) is 0.741. The maximum Gasteiger partial charge on any atom is 0.311 e. The van der Waals surface area contributed by atoms with Crippen molar-refractivity contribution in [2.75, 3.05) is 40.8 Å². The first-order valence-corrected chi connectivity index (χ1v) is 26.2. The lowest BCUT2D eigenvalue weighted by molar-refractivity contribution is -0.318. The smallest absolute Gasteiger partial charge is 0.311 e. The van der Waals surface area contributed by atoms with Crippen molar-refractivity contribution in [3.63, 3.8) is 0 Å². The van der Waals surface area contributed by atoms with Crippen molar-refractivity contribution in [2.24, 2.45) is 17.8 Å². The maximum absolute atomic E-state index is 14.6. The van der Waals surface area contributed by atoms with E-state index in [9.17, 15) is 30.3 Å². The molecule has 0 bridgehead atoms. The molecule has 3 fully saturated rings. The summed E-state index contributed by atoms with van der Waals surface area (Å²) in [6.07, 6.45) is -8.25. The van der Waals surface area contributed by atoms with Gasteiger partial charge in [-0.05, 0) is 118 Å². The zero-order valence-corrected chi connectivity index (χ0v) is 45.4. The second-order valence-corrected chi connectivity index (χ2v) is 22.1. The molecule has 3 aliphatic heterocycles. The molecule has 0 aromatic heterocycles. The van der Waals surface area contributed by atoms with Gasteiger partial charge in [-0.1, -0.05) is 81.4 Å². The summed E-state index contributed by atoms with van der Waals surface area (Å²) in [5, 5.41) is 67.7. The fourth-order valence-corrected chi connectivity index (χ4v) is 11.4. The molecule has 0 radical (unpaired) electrons. The first-order chi connectivity index (χ1) is 33.3. The zero-order chi connectivity index (χ0) is 52.6. The molecule has 3 aliphatic rings. The predicted molar refractivity (Wildman–Crippen MR) is 276 cm³/mol. The number of rotatable bonds is 14. The van der Waals surface area contributed by atoms with Gasteiger partial charge in [0.05, 0.1) is 47.6 Å². The lowest BCUT2D eigenvalue weighted by Gasteiger charge is -2.48. The van der Waals surface area contributed by atoms with Gasteiger partial charge in [0.2, 0.25) is 0 Å². The normalized spacial score (nSPS) is 39.3. The molecule has 402 valence electrons. The van der Waals surface area contributed by atoms with E-state index in [0.717, 1.165) is 11.1 Å². The Morgan fingerprint density at radius 1 is 0.901 bits per heavy atom. The molecule has 3 heterocycles. The number of likely N-dealkylation sites (N-methyl/N-ethyl adjacent to an activating group) is 1. The molecule has 0 aliphatic carbocycles. The summed E-state index contributed by atoms with van der Waals surface area (Å²) in [5.74, 6) is -2.81. The number of nitrogens with one attached hydrogen (secondary N) is 2. The van der Waals surface area contributed by atoms with Crippen LogP contribution in [0.3, 0.4) is 0 Å². The van der Waals surface area contributed by atoms with Crippen LogP contribution in [0.2, 0.25) is 0 Å². The Kier molecular flexibility index (Phi) is 21.3. The monoisotopic (exact) mass is 1020 g/mol. The Labute approximate surface area is 429 Å². The van der Waals surface area contributed by atoms with Crippen LogP contribution in [-0.4, -0.2) is 178 Å². The topological polar surface area (TPSA) is 204 Å². The second-order valence-electron chi connectivity index (χ2n) is 21.7. The minimum absolute atomic E-state index is 0.108. The van der Waals surface area contributed by atoms with Crippen molar-refractivity contribution in [3.8, 4) is 0 Å². The molecule has 71 heavy (non-hydrogen) atoms. The van der Waals surface area contributed by atoms with Gasteiger partial charge in [0.15, 0.2) is 17.7 Å². The van der Waals surface area contributed by atoms with Gasteiger partial charge in [0.1, 0.15) is 30.0 Å². The number of ether oxygens (including phenoxy) is 6. The molecule has 18 atom stereocenters. The van der Waals surface area contributed by atoms with Crippen LogP contribution < -0.4 is 10.6 Å². The van der Waals surface area contributed by atoms with Crippen molar-refractivity contribution in [1.29, 1.82) is 0 Å². The summed E-state index contributed by atoms with van der Waals surface area (Å²) >= 11 is 5.84. The highest BCUT2D eigenvalue weighted by Gasteiger charge is 2.53. The van der Waals surface area contributed by atoms with Gasteiger partial charge in [0.25, 0.3) is 0 Å². The van der Waals surface area contributed by atoms with Crippen LogP contribution in [0.5, 0.6) is 0 Å². The average Bonchev–Trinajstić information content (AvgIpc) is 3.33. The number of nitrogens with zero attached hydrogens (tertiary/aromatic N) is 2. The highest BCUT2D eigenvalue weighted by molar-refractivity contribution is 7.80. The van der Waals surface area contributed by atoms with Gasteiger partial charge < -0.3 is 69.5 Å². The lowest BCUT2D eigenvalue weighted by atomic mass is 9.77. The molecule has 0 spiro atoms. The highest BCUT2D eigenvalue weighted by atomic mass is 32.1. The molecule has 0 unspecified atom stereocenters. The number of benzene rings is 2. The van der Waals surface area contributed by atoms with Crippen LogP contribution >= 0.6 is 12.2 Å². The molecule has 7 N–H and O–H groups in total. The van der Waals surface area contributed by atoms with Gasteiger partial charge in [-0.25, -0.2) is 0 Å². The molecule has 0 saturated carbocycles. The van der Waals surface area contributed by atoms with E-state index in [2.05, 4.69) is 39.8 Å². The van der Waals surface area contributed by atoms with E-state index >= 15 is 0 Å². The summed E-state index contributed by atoms with van der Waals surface area (Å²) in [6.45, 7) is 19.1. The maximum atomic E-state index is 14.6. The SMILES string of the molecule is CC[C@H]1OC(=O)[C@H](C)[C@@H](O[C@H]2C[C@@](C)(OC)[C@@H](O)[C@H](C)O2)[C@H](C)[C@@H](O[C@@H]2O[C@H](C)C[C@H](N(C)C)[C@H]2O)[C@](C)(O)C[C@@H](C)CN(CCCNC(=S)NC(c2ccccc2)c2ccccc2)[C@H](C)[C@@H](O)[C@]1(C)O. The van der Waals surface area contributed by atoms with Gasteiger partial charge in [-0.2, -0.15) is 0 Å². The number of aliphatic hydroxyl groups is 5. The van der Waals surface area contributed by atoms with Gasteiger partial charge in [0, 0.05) is 51.2 Å². The number of carbonyl (C=O) groups excluding carboxylic acids is 1. The first-order valence-electron chi connectivity index (χ1n) is 25.8. The van der Waals surface area contributed by atoms with E-state index < -0.39 is 96.0 Å². The summed E-state index contributed by atoms with van der Waals surface area (Å²) in [4.78, 5) is 18.7. The molecule has 0 amide bonds. The molecule has 2 aromatic rings. The van der Waals surface area contributed by atoms with Crippen molar-refractivity contribution in [2.45, 2.75) is 198 Å². The number of cyclic esters (lactones) is 1. The Balaban J connectivity index is 1.47. The largest absolute Gasteiger partial charge is 0.459 e. The van der Waals surface area contributed by atoms with E-state index in [1.165, 1.54) is 14.0 Å². The Morgan fingerprint density at radius 3 is 2.07 bits per heavy atom. The van der Waals surface area contributed by atoms with Gasteiger partial charge in [-0.15, -0.1) is 0 Å². The minimum Gasteiger partial charge on any atom is -0.459 e. The number of hydrogen-bond acceptors (Lipinski definition) is 15. The van der Waals surface area contributed by atoms with Crippen LogP contribution in [0, 0.1) is 17.8 Å². The summed E-state index contributed by atoms with van der Waals surface area (Å²) < 4.78 is 38.3. The average molecular weight is 1020 g/mol. The van der Waals surface area contributed by atoms with Crippen LogP contribution in [0.25, 0.3) is 0 Å². The fourth-order valence-electron chi connectivity index (χ4n) is 11.2. The zero-order valence-electron chi connectivity index (χ0n) is 44.6. The summed E-state index contributed by atoms with van der Waals surface area (Å²) in [7, 11) is 5.29. The Hall–Kier alpha value is -2.88. The lowest BCUT2D eigenvalue weighted by Crippen LogP contribution is -2.60. The van der Waals surface area contributed by atoms with Crippen molar-refractivity contribution in [1.82, 2.24) is 20.4 Å². The first kappa shape index (κ1) is 59.0. The minimum atomic E-state index is -1.90. The van der Waals surface area contributed by atoms with Crippen molar-refractivity contribution < 1.29 is 58.7 Å². The molecular weight excluding hydrogens is 929 g/mol. The number of aliphatic hydroxyl groups excluding tert-OH is 3. The standard InChI is InChI=1S/C54H88N4O12S/c1-14-41-54(10,64)46(60)36(6)58(27-21-26-55-51(71)56-43(38-22-17-15-18-23-38)39-24-19-16-20-25-39)31-32(2)29-52(8,63)48(70-50-44(59)40(57(11)12)28-33(3)66-50)34(4)45(35(5)49(62)68-41)69-42-30-53(9,65-13)47(61)37(7)67-42/h15-20,22-25,32-37,40-48,50,59-61,63-64H,14,21,26-31H2,1-13H3,(H2,55,56,71)/t32-,33-,34+,35-,36-,37+,40+,41-,42+,44-,45+,46-,47+,48-,50+,52-,53-,54-/m1/s1. The molecule has 5 rings (SSSR count). The highest BCUT2D eigenvalue weighted by Crippen LogP contribution is 2.40. The number of hydrogen-bond donors (Lipinski definition) is 7. The Morgan fingerprint density at radius 2 is 1.51 bits per heavy atom. The van der Waals surface area contributed by atoms with Crippen LogP contribution in [0.1, 0.15) is 119 Å². The summed E-state index contributed by atoms with van der Waals surface area (Å²) in [5.41, 5.74) is -2.46. The third-order valence-electron chi connectivity index (χ3n) is 15.5. The van der Waals surface area contributed by atoms with E-state index in [-0.39, 0.29) is 43.4 Å². The molecular formula is C54H88N4O12S. The van der Waals surface area contributed by atoms with Gasteiger partial charge in [-0.3, -0.25) is 9.69 Å². The third-order valence-corrected chi connectivity index (χ3v) is 15.7. The van der Waals surface area contributed by atoms with Gasteiger partial charge >= 0.3 is 5.97 Å². The Bertz CT molecular complexity index is 1910. The van der Waals surface area contributed by atoms with E-state index in [0.29, 0.717) is 37.6 Å². The van der Waals surface area contributed by atoms with Crippen molar-refractivity contribution in [3.05, 3.63) is 71.8 Å². The predicted octanol–water partition coefficient (Wildman–Crippen LogP) is 4.91.